The molecule has 1 fully saturated rings. The summed E-state index contributed by atoms with van der Waals surface area (Å²) in [4.78, 5) is 13.2. The molecule has 1 aliphatic heterocycles. The number of benzene rings is 3. The number of para-hydroxylation sites is 2. The van der Waals surface area contributed by atoms with Crippen LogP contribution in [0.4, 0.5) is 11.4 Å². The van der Waals surface area contributed by atoms with E-state index in [0.29, 0.717) is 13.1 Å². The van der Waals surface area contributed by atoms with E-state index in [1.807, 2.05) is 60.7 Å². The Morgan fingerprint density at radius 2 is 1.37 bits per heavy atom. The maximum absolute atomic E-state index is 13.0. The average molecular weight is 422 g/mol. The van der Waals surface area contributed by atoms with Crippen LogP contribution in [-0.4, -0.2) is 31.7 Å². The molecule has 3 aromatic rings. The van der Waals surface area contributed by atoms with E-state index in [0.717, 1.165) is 24.2 Å². The van der Waals surface area contributed by atoms with Gasteiger partial charge in [-0.25, -0.2) is 8.42 Å². The van der Waals surface area contributed by atoms with Gasteiger partial charge in [-0.3, -0.25) is 15.2 Å². The minimum absolute atomic E-state index is 0.142. The summed E-state index contributed by atoms with van der Waals surface area (Å²) in [5.74, 6) is -0.388. The molecule has 0 unspecified atom stereocenters. The number of carbonyl (C=O) groups is 1. The third-order valence-corrected chi connectivity index (χ3v) is 6.94. The lowest BCUT2D eigenvalue weighted by atomic mass is 10.2. The first-order chi connectivity index (χ1) is 14.6. The highest BCUT2D eigenvalue weighted by molar-refractivity contribution is 7.89. The first-order valence-corrected chi connectivity index (χ1v) is 11.3. The predicted molar refractivity (Wildman–Crippen MR) is 117 cm³/mol. The molecule has 6 nitrogen and oxygen atoms in total. The number of nitrogens with zero attached hydrogens (tertiary/aromatic N) is 2. The van der Waals surface area contributed by atoms with Crippen molar-refractivity contribution in [2.75, 3.05) is 18.1 Å². The third kappa shape index (κ3) is 4.22. The van der Waals surface area contributed by atoms with E-state index < -0.39 is 10.0 Å². The number of hydrazine groups is 1. The van der Waals surface area contributed by atoms with Crippen molar-refractivity contribution in [3.63, 3.8) is 0 Å². The van der Waals surface area contributed by atoms with Crippen molar-refractivity contribution in [1.29, 1.82) is 0 Å². The molecule has 7 heteroatoms. The summed E-state index contributed by atoms with van der Waals surface area (Å²) in [5, 5.41) is 1.68. The summed E-state index contributed by atoms with van der Waals surface area (Å²) in [6, 6.07) is 25.1. The summed E-state index contributed by atoms with van der Waals surface area (Å²) >= 11 is 0. The Bertz CT molecular complexity index is 1070. The largest absolute Gasteiger partial charge is 0.270 e. The summed E-state index contributed by atoms with van der Waals surface area (Å²) in [7, 11) is -3.59. The van der Waals surface area contributed by atoms with E-state index in [4.69, 9.17) is 0 Å². The highest BCUT2D eigenvalue weighted by Crippen LogP contribution is 2.24. The number of rotatable bonds is 6. The second kappa shape index (κ2) is 8.69. The molecule has 1 N–H and O–H groups in total. The molecule has 0 aromatic heterocycles. The zero-order valence-corrected chi connectivity index (χ0v) is 17.3. The minimum atomic E-state index is -3.59. The van der Waals surface area contributed by atoms with Crippen LogP contribution in [0.2, 0.25) is 0 Å². The number of sulfonamides is 1. The molecule has 1 aliphatic rings. The minimum Gasteiger partial charge on any atom is -0.267 e. The molecule has 0 atom stereocenters. The molecule has 0 radical (unpaired) electrons. The monoisotopic (exact) mass is 421 g/mol. The van der Waals surface area contributed by atoms with Gasteiger partial charge in [0, 0.05) is 18.7 Å². The molecule has 1 amide bonds. The SMILES string of the molecule is O=C(NN(c1ccccc1)c1ccccc1)c1cccc(S(=O)(=O)N2CCCC2)c1. The van der Waals surface area contributed by atoms with E-state index in [1.54, 1.807) is 17.1 Å². The van der Waals surface area contributed by atoms with Crippen LogP contribution >= 0.6 is 0 Å². The van der Waals surface area contributed by atoms with E-state index in [1.165, 1.54) is 16.4 Å². The Morgan fingerprint density at radius 3 is 1.93 bits per heavy atom. The van der Waals surface area contributed by atoms with E-state index >= 15 is 0 Å². The zero-order valence-electron chi connectivity index (χ0n) is 16.4. The number of amides is 1. The second-order valence-electron chi connectivity index (χ2n) is 7.09. The fraction of sp³-hybridized carbons (Fsp3) is 0.174. The number of carbonyl (C=O) groups excluding carboxylic acids is 1. The molecular weight excluding hydrogens is 398 g/mol. The van der Waals surface area contributed by atoms with Gasteiger partial charge in [0.15, 0.2) is 0 Å². The van der Waals surface area contributed by atoms with Gasteiger partial charge in [-0.05, 0) is 55.3 Å². The predicted octanol–water partition coefficient (Wildman–Crippen LogP) is 3.95. The van der Waals surface area contributed by atoms with Crippen molar-refractivity contribution in [1.82, 2.24) is 9.73 Å². The van der Waals surface area contributed by atoms with Gasteiger partial charge >= 0.3 is 0 Å². The lowest BCUT2D eigenvalue weighted by molar-refractivity contribution is 0.0953. The molecule has 0 saturated carbocycles. The first kappa shape index (κ1) is 20.1. The summed E-state index contributed by atoms with van der Waals surface area (Å²) in [6.07, 6.45) is 1.73. The first-order valence-electron chi connectivity index (χ1n) is 9.87. The second-order valence-corrected chi connectivity index (χ2v) is 9.02. The lowest BCUT2D eigenvalue weighted by Gasteiger charge is -2.25. The molecule has 3 aromatic carbocycles. The van der Waals surface area contributed by atoms with Gasteiger partial charge in [0.1, 0.15) is 0 Å². The Balaban J connectivity index is 1.62. The number of nitrogens with one attached hydrogen (secondary N) is 1. The molecule has 1 saturated heterocycles. The zero-order chi connectivity index (χ0) is 21.0. The summed E-state index contributed by atoms with van der Waals surface area (Å²) in [6.45, 7) is 1.04. The van der Waals surface area contributed by atoms with Gasteiger partial charge < -0.3 is 0 Å². The van der Waals surface area contributed by atoms with Gasteiger partial charge in [-0.1, -0.05) is 42.5 Å². The van der Waals surface area contributed by atoms with Crippen LogP contribution in [0.3, 0.4) is 0 Å². The highest BCUT2D eigenvalue weighted by atomic mass is 32.2. The van der Waals surface area contributed by atoms with Crippen LogP contribution in [0.5, 0.6) is 0 Å². The van der Waals surface area contributed by atoms with Crippen LogP contribution in [-0.2, 0) is 10.0 Å². The van der Waals surface area contributed by atoms with Crippen LogP contribution in [0, 0.1) is 0 Å². The van der Waals surface area contributed by atoms with Crippen molar-refractivity contribution < 1.29 is 13.2 Å². The maximum Gasteiger partial charge on any atom is 0.270 e. The van der Waals surface area contributed by atoms with E-state index in [9.17, 15) is 13.2 Å². The molecule has 1 heterocycles. The maximum atomic E-state index is 13.0. The number of anilines is 2. The van der Waals surface area contributed by atoms with Crippen LogP contribution in [0.25, 0.3) is 0 Å². The van der Waals surface area contributed by atoms with Crippen molar-refractivity contribution in [3.8, 4) is 0 Å². The van der Waals surface area contributed by atoms with Crippen molar-refractivity contribution in [2.45, 2.75) is 17.7 Å². The van der Waals surface area contributed by atoms with Gasteiger partial charge in [0.2, 0.25) is 10.0 Å². The molecule has 4 rings (SSSR count). The Hall–Kier alpha value is -3.16. The molecule has 0 aliphatic carbocycles. The van der Waals surface area contributed by atoms with Gasteiger partial charge in [0.25, 0.3) is 5.91 Å². The van der Waals surface area contributed by atoms with Gasteiger partial charge in [-0.15, -0.1) is 0 Å². The summed E-state index contributed by atoms with van der Waals surface area (Å²) < 4.78 is 27.2. The van der Waals surface area contributed by atoms with Crippen molar-refractivity contribution >= 4 is 27.3 Å². The van der Waals surface area contributed by atoms with Crippen LogP contribution in [0.15, 0.2) is 89.8 Å². The van der Waals surface area contributed by atoms with E-state index in [2.05, 4.69) is 5.43 Å². The fourth-order valence-corrected chi connectivity index (χ4v) is 5.04. The number of hydrogen-bond donors (Lipinski definition) is 1. The quantitative estimate of drug-likeness (QED) is 0.612. The van der Waals surface area contributed by atoms with Crippen molar-refractivity contribution in [2.24, 2.45) is 0 Å². The normalized spacial score (nSPS) is 14.4. The topological polar surface area (TPSA) is 69.7 Å². The van der Waals surface area contributed by atoms with Gasteiger partial charge in [-0.2, -0.15) is 4.31 Å². The number of hydrogen-bond acceptors (Lipinski definition) is 4. The van der Waals surface area contributed by atoms with Gasteiger partial charge in [0.05, 0.1) is 16.3 Å². The summed E-state index contributed by atoms with van der Waals surface area (Å²) in [5.41, 5.74) is 4.76. The molecule has 0 spiro atoms. The van der Waals surface area contributed by atoms with E-state index in [-0.39, 0.29) is 16.4 Å². The smallest absolute Gasteiger partial charge is 0.267 e. The Labute approximate surface area is 176 Å². The third-order valence-electron chi connectivity index (χ3n) is 5.04. The van der Waals surface area contributed by atoms with Crippen LogP contribution in [0.1, 0.15) is 23.2 Å². The molecular formula is C23H23N3O3S. The fourth-order valence-electron chi connectivity index (χ4n) is 3.47. The lowest BCUT2D eigenvalue weighted by Crippen LogP contribution is -2.39. The Kier molecular flexibility index (Phi) is 5.83. The van der Waals surface area contributed by atoms with Crippen molar-refractivity contribution in [3.05, 3.63) is 90.5 Å². The standard InChI is InChI=1S/C23H23N3O3S/c27-23(19-10-9-15-22(18-19)30(28,29)25-16-7-8-17-25)24-26(20-11-3-1-4-12-20)21-13-5-2-6-14-21/h1-6,9-15,18H,7-8,16-17H2,(H,24,27). The van der Waals surface area contributed by atoms with Crippen LogP contribution < -0.4 is 10.4 Å². The highest BCUT2D eigenvalue weighted by Gasteiger charge is 2.27. The molecule has 154 valence electrons. The Morgan fingerprint density at radius 1 is 0.800 bits per heavy atom. The molecule has 30 heavy (non-hydrogen) atoms. The average Bonchev–Trinajstić information content (AvgIpc) is 3.34. The molecule has 0 bridgehead atoms.